The first kappa shape index (κ1) is 19.2. The van der Waals surface area contributed by atoms with Crippen LogP contribution in [-0.2, 0) is 9.59 Å². The molecule has 150 valence electrons. The number of carbonyl (C=O) groups excluding carboxylic acids is 2. The Morgan fingerprint density at radius 2 is 2.20 bits per heavy atom. The average molecular weight is 454 g/mol. The van der Waals surface area contributed by atoms with Crippen molar-refractivity contribution in [2.75, 3.05) is 23.9 Å². The second-order valence-electron chi connectivity index (χ2n) is 6.81. The zero-order valence-corrected chi connectivity index (χ0v) is 18.2. The second-order valence-corrected chi connectivity index (χ2v) is 9.37. The third-order valence-electron chi connectivity index (χ3n) is 5.11. The largest absolute Gasteiger partial charge is 0.497 e. The average Bonchev–Trinajstić information content (AvgIpc) is 3.44. The van der Waals surface area contributed by atoms with E-state index in [1.165, 1.54) is 22.3 Å². The molecule has 0 aliphatic carbocycles. The molecule has 2 aliphatic heterocycles. The minimum atomic E-state index is -0.368. The van der Waals surface area contributed by atoms with Crippen LogP contribution in [0.4, 0.5) is 11.4 Å². The summed E-state index contributed by atoms with van der Waals surface area (Å²) in [5.41, 5.74) is 5.11. The summed E-state index contributed by atoms with van der Waals surface area (Å²) in [6, 6.07) is 11.2. The first-order chi connectivity index (χ1) is 14.5. The zero-order chi connectivity index (χ0) is 20.8. The fourth-order valence-electron chi connectivity index (χ4n) is 3.60. The molecule has 6 nitrogen and oxygen atoms in total. The Morgan fingerprint density at radius 1 is 1.33 bits per heavy atom. The summed E-state index contributed by atoms with van der Waals surface area (Å²) in [4.78, 5) is 32.1. The van der Waals surface area contributed by atoms with E-state index in [1.807, 2.05) is 36.4 Å². The number of ketones is 1. The lowest BCUT2D eigenvalue weighted by molar-refractivity contribution is -0.117. The van der Waals surface area contributed by atoms with E-state index in [1.54, 1.807) is 12.6 Å². The molecule has 2 aliphatic rings. The van der Waals surface area contributed by atoms with E-state index >= 15 is 0 Å². The number of thiazole rings is 1. The first-order valence-corrected chi connectivity index (χ1v) is 11.2. The molecule has 1 atom stereocenters. The van der Waals surface area contributed by atoms with Gasteiger partial charge in [-0.2, -0.15) is 0 Å². The van der Waals surface area contributed by atoms with Crippen LogP contribution in [0.5, 0.6) is 5.75 Å². The van der Waals surface area contributed by atoms with Crippen LogP contribution in [0.2, 0.25) is 0 Å². The third-order valence-corrected chi connectivity index (χ3v) is 7.21. The highest BCUT2D eigenvalue weighted by Gasteiger charge is 2.36. The predicted molar refractivity (Wildman–Crippen MR) is 125 cm³/mol. The van der Waals surface area contributed by atoms with Crippen LogP contribution in [0.25, 0.3) is 10.2 Å². The number of nitrogens with zero attached hydrogens (tertiary/aromatic N) is 2. The van der Waals surface area contributed by atoms with E-state index < -0.39 is 0 Å². The number of carbonyl (C=O) groups is 2. The number of thioether (sulfide) groups is 1. The molecular weight excluding hydrogens is 438 g/mol. The molecule has 0 saturated carbocycles. The normalized spacial score (nSPS) is 19.4. The summed E-state index contributed by atoms with van der Waals surface area (Å²) >= 11 is 8.09. The highest BCUT2D eigenvalue weighted by Crippen LogP contribution is 2.39. The van der Waals surface area contributed by atoms with Crippen LogP contribution in [-0.4, -0.2) is 34.6 Å². The predicted octanol–water partition coefficient (Wildman–Crippen LogP) is 4.33. The van der Waals surface area contributed by atoms with E-state index in [4.69, 9.17) is 17.0 Å². The second kappa shape index (κ2) is 7.50. The smallest absolute Gasteiger partial charge is 0.270 e. The number of hydrogen-bond acceptors (Lipinski definition) is 8. The van der Waals surface area contributed by atoms with Gasteiger partial charge < -0.3 is 10.1 Å². The van der Waals surface area contributed by atoms with Crippen molar-refractivity contribution >= 4 is 72.9 Å². The van der Waals surface area contributed by atoms with E-state index in [-0.39, 0.29) is 17.6 Å². The lowest BCUT2D eigenvalue weighted by Gasteiger charge is -2.14. The summed E-state index contributed by atoms with van der Waals surface area (Å²) in [6.45, 7) is 0.486. The van der Waals surface area contributed by atoms with Gasteiger partial charge in [0.25, 0.3) is 5.91 Å². The summed E-state index contributed by atoms with van der Waals surface area (Å²) in [6.07, 6.45) is 1.42. The molecule has 0 bridgehead atoms. The maximum atomic E-state index is 13.0. The Kier molecular flexibility index (Phi) is 4.80. The maximum absolute atomic E-state index is 13.0. The molecule has 1 unspecified atom stereocenters. The lowest BCUT2D eigenvalue weighted by Crippen LogP contribution is -2.27. The molecule has 1 saturated heterocycles. The molecule has 3 aromatic rings. The van der Waals surface area contributed by atoms with Crippen LogP contribution in [0, 0.1) is 0 Å². The van der Waals surface area contributed by atoms with Crippen LogP contribution in [0.3, 0.4) is 0 Å². The van der Waals surface area contributed by atoms with Gasteiger partial charge in [-0.1, -0.05) is 24.0 Å². The van der Waals surface area contributed by atoms with Crippen molar-refractivity contribution in [1.29, 1.82) is 0 Å². The molecule has 30 heavy (non-hydrogen) atoms. The number of rotatable bonds is 4. The number of amides is 1. The topological polar surface area (TPSA) is 71.5 Å². The minimum Gasteiger partial charge on any atom is -0.497 e. The first-order valence-electron chi connectivity index (χ1n) is 9.12. The highest BCUT2D eigenvalue weighted by atomic mass is 32.2. The zero-order valence-electron chi connectivity index (χ0n) is 15.7. The number of fused-ring (bicyclic) bond motifs is 2. The number of hydrogen-bond donors (Lipinski definition) is 1. The molecule has 3 heterocycles. The monoisotopic (exact) mass is 453 g/mol. The Hall–Kier alpha value is -2.75. The molecule has 9 heteroatoms. The van der Waals surface area contributed by atoms with Crippen molar-refractivity contribution in [2.45, 2.75) is 5.92 Å². The number of allylic oxidation sites excluding steroid dienone is 1. The Balaban J connectivity index is 1.42. The molecule has 1 amide bonds. The Labute approximate surface area is 185 Å². The lowest BCUT2D eigenvalue weighted by atomic mass is 9.96. The van der Waals surface area contributed by atoms with Gasteiger partial charge in [-0.15, -0.1) is 11.3 Å². The van der Waals surface area contributed by atoms with Crippen molar-refractivity contribution in [1.82, 2.24) is 4.98 Å². The molecule has 1 fully saturated rings. The number of aromatic nitrogens is 1. The standard InChI is InChI=1S/C21H15N3O3S3/c1-27-12-3-5-15-13(7-12)14(9-22-15)17(25)8-19-20(26)24(21(28)30-19)11-2-4-16-18(6-11)29-10-23-16/h2-8,10,14,22H,9H2,1H3/b19-8-. The van der Waals surface area contributed by atoms with Crippen molar-refractivity contribution in [3.05, 3.63) is 58.5 Å². The fourth-order valence-corrected chi connectivity index (χ4v) is 5.59. The minimum absolute atomic E-state index is 0.132. The van der Waals surface area contributed by atoms with Gasteiger partial charge >= 0.3 is 0 Å². The molecule has 1 N–H and O–H groups in total. The number of methoxy groups -OCH3 is 1. The maximum Gasteiger partial charge on any atom is 0.270 e. The van der Waals surface area contributed by atoms with E-state index in [0.717, 1.165) is 33.2 Å². The van der Waals surface area contributed by atoms with Gasteiger partial charge in [0.05, 0.1) is 39.3 Å². The number of anilines is 2. The summed E-state index contributed by atoms with van der Waals surface area (Å²) < 4.78 is 6.67. The van der Waals surface area contributed by atoms with Gasteiger partial charge in [0, 0.05) is 18.3 Å². The highest BCUT2D eigenvalue weighted by molar-refractivity contribution is 8.27. The van der Waals surface area contributed by atoms with Crippen LogP contribution in [0.1, 0.15) is 11.5 Å². The summed E-state index contributed by atoms with van der Waals surface area (Å²) in [7, 11) is 1.59. The van der Waals surface area contributed by atoms with Gasteiger partial charge in [0.2, 0.25) is 0 Å². The van der Waals surface area contributed by atoms with Crippen LogP contribution >= 0.6 is 35.3 Å². The summed E-state index contributed by atoms with van der Waals surface area (Å²) in [5.74, 6) is -0.0841. The van der Waals surface area contributed by atoms with Gasteiger partial charge in [-0.3, -0.25) is 14.5 Å². The molecular formula is C21H15N3O3S3. The summed E-state index contributed by atoms with van der Waals surface area (Å²) in [5, 5.41) is 3.24. The fraction of sp³-hybridized carbons (Fsp3) is 0.143. The van der Waals surface area contributed by atoms with Gasteiger partial charge in [-0.05, 0) is 42.0 Å². The van der Waals surface area contributed by atoms with Crippen molar-refractivity contribution < 1.29 is 14.3 Å². The molecule has 0 radical (unpaired) electrons. The quantitative estimate of drug-likeness (QED) is 0.466. The van der Waals surface area contributed by atoms with Crippen LogP contribution < -0.4 is 15.0 Å². The molecule has 1 aromatic heterocycles. The third kappa shape index (κ3) is 3.19. The Morgan fingerprint density at radius 3 is 3.03 bits per heavy atom. The van der Waals surface area contributed by atoms with Gasteiger partial charge in [-0.25, -0.2) is 4.98 Å². The molecule has 2 aromatic carbocycles. The van der Waals surface area contributed by atoms with Gasteiger partial charge in [0.1, 0.15) is 5.75 Å². The van der Waals surface area contributed by atoms with Crippen molar-refractivity contribution in [3.8, 4) is 5.75 Å². The molecule has 5 rings (SSSR count). The molecule has 0 spiro atoms. The van der Waals surface area contributed by atoms with Crippen molar-refractivity contribution in [2.24, 2.45) is 0 Å². The SMILES string of the molecule is COc1ccc2c(c1)C(C(=O)/C=C1\SC(=S)N(c3ccc4ncsc4c3)C1=O)CN2. The Bertz CT molecular complexity index is 1250. The number of ether oxygens (including phenoxy) is 1. The van der Waals surface area contributed by atoms with Gasteiger partial charge in [0.15, 0.2) is 10.1 Å². The van der Waals surface area contributed by atoms with E-state index in [2.05, 4.69) is 10.3 Å². The van der Waals surface area contributed by atoms with E-state index in [9.17, 15) is 9.59 Å². The number of benzene rings is 2. The number of thiocarbonyl (C=S) groups is 1. The van der Waals surface area contributed by atoms with Crippen LogP contribution in [0.15, 0.2) is 52.9 Å². The number of nitrogens with one attached hydrogen (secondary N) is 1. The van der Waals surface area contributed by atoms with Crippen molar-refractivity contribution in [3.63, 3.8) is 0 Å². The van der Waals surface area contributed by atoms with E-state index in [0.29, 0.717) is 27.2 Å².